The number of hydrogen-bond acceptors (Lipinski definition) is 5. The van der Waals surface area contributed by atoms with Gasteiger partial charge in [0.1, 0.15) is 13.2 Å². The molecule has 0 aromatic heterocycles. The minimum absolute atomic E-state index is 0.117. The summed E-state index contributed by atoms with van der Waals surface area (Å²) in [5.41, 5.74) is 6.85. The highest BCUT2D eigenvalue weighted by atomic mass is 32.2. The van der Waals surface area contributed by atoms with Crippen LogP contribution in [0.25, 0.3) is 0 Å². The monoisotopic (exact) mass is 310 g/mol. The number of ether oxygens (including phenoxy) is 2. The average Bonchev–Trinajstić information content (AvgIpc) is 2.51. The number of fused-ring (bicyclic) bond motifs is 1. The van der Waals surface area contributed by atoms with Crippen LogP contribution in [0.4, 0.5) is 0 Å². The zero-order valence-electron chi connectivity index (χ0n) is 12.4. The standard InChI is InChI=1S/C15H22N2O3S/c1-10(17-15(18)12(16)5-8-21-2)11-3-4-13-14(9-11)20-7-6-19-13/h3-4,9-10,12H,5-8,16H2,1-2H3,(H,17,18)/t10?,12-/m0/s1. The Labute approximate surface area is 129 Å². The second kappa shape index (κ2) is 7.56. The number of nitrogens with one attached hydrogen (secondary N) is 1. The zero-order valence-corrected chi connectivity index (χ0v) is 13.2. The van der Waals surface area contributed by atoms with Gasteiger partial charge in [0, 0.05) is 0 Å². The molecular formula is C15H22N2O3S. The molecule has 21 heavy (non-hydrogen) atoms. The molecule has 1 aliphatic rings. The Bertz CT molecular complexity index is 496. The minimum Gasteiger partial charge on any atom is -0.486 e. The summed E-state index contributed by atoms with van der Waals surface area (Å²) in [6, 6.07) is 5.14. The highest BCUT2D eigenvalue weighted by Crippen LogP contribution is 2.32. The van der Waals surface area contributed by atoms with E-state index in [1.807, 2.05) is 31.4 Å². The van der Waals surface area contributed by atoms with Crippen molar-refractivity contribution in [3.05, 3.63) is 23.8 Å². The van der Waals surface area contributed by atoms with Crippen molar-refractivity contribution < 1.29 is 14.3 Å². The molecule has 1 aromatic rings. The number of carbonyl (C=O) groups is 1. The molecule has 1 aromatic carbocycles. The predicted molar refractivity (Wildman–Crippen MR) is 85.0 cm³/mol. The summed E-state index contributed by atoms with van der Waals surface area (Å²) in [7, 11) is 0. The Balaban J connectivity index is 1.96. The third-order valence-electron chi connectivity index (χ3n) is 3.39. The third-order valence-corrected chi connectivity index (χ3v) is 4.04. The number of nitrogens with two attached hydrogens (primary N) is 1. The predicted octanol–water partition coefficient (Wildman–Crippen LogP) is 1.72. The highest BCUT2D eigenvalue weighted by Gasteiger charge is 2.18. The molecule has 5 nitrogen and oxygen atoms in total. The number of benzene rings is 1. The van der Waals surface area contributed by atoms with E-state index in [-0.39, 0.29) is 11.9 Å². The van der Waals surface area contributed by atoms with E-state index in [9.17, 15) is 4.79 Å². The number of carbonyl (C=O) groups excluding carboxylic acids is 1. The SMILES string of the molecule is CSCC[C@H](N)C(=O)NC(C)c1ccc2c(c1)OCCO2. The van der Waals surface area contributed by atoms with Crippen LogP contribution in [-0.2, 0) is 4.79 Å². The van der Waals surface area contributed by atoms with Gasteiger partial charge in [-0.1, -0.05) is 6.07 Å². The first-order valence-corrected chi connectivity index (χ1v) is 8.45. The van der Waals surface area contributed by atoms with Crippen LogP contribution in [0.2, 0.25) is 0 Å². The lowest BCUT2D eigenvalue weighted by Gasteiger charge is -2.22. The van der Waals surface area contributed by atoms with Crippen molar-refractivity contribution in [3.8, 4) is 11.5 Å². The fourth-order valence-corrected chi connectivity index (χ4v) is 2.60. The summed E-state index contributed by atoms with van der Waals surface area (Å²) in [6.45, 7) is 3.06. The summed E-state index contributed by atoms with van der Waals surface area (Å²) < 4.78 is 11.0. The molecule has 2 atom stereocenters. The minimum atomic E-state index is -0.461. The van der Waals surface area contributed by atoms with Gasteiger partial charge in [-0.05, 0) is 43.0 Å². The van der Waals surface area contributed by atoms with Gasteiger partial charge in [-0.3, -0.25) is 4.79 Å². The van der Waals surface area contributed by atoms with Gasteiger partial charge in [-0.2, -0.15) is 11.8 Å². The van der Waals surface area contributed by atoms with Crippen LogP contribution in [0.3, 0.4) is 0 Å². The van der Waals surface area contributed by atoms with E-state index in [0.717, 1.165) is 22.8 Å². The van der Waals surface area contributed by atoms with Crippen molar-refractivity contribution in [2.24, 2.45) is 5.73 Å². The van der Waals surface area contributed by atoms with E-state index in [1.165, 1.54) is 0 Å². The van der Waals surface area contributed by atoms with Gasteiger partial charge in [-0.15, -0.1) is 0 Å². The van der Waals surface area contributed by atoms with Gasteiger partial charge in [0.05, 0.1) is 12.1 Å². The van der Waals surface area contributed by atoms with Crippen molar-refractivity contribution in [3.63, 3.8) is 0 Å². The summed E-state index contributed by atoms with van der Waals surface area (Å²) in [5.74, 6) is 2.24. The average molecular weight is 310 g/mol. The number of thioether (sulfide) groups is 1. The molecule has 1 unspecified atom stereocenters. The zero-order chi connectivity index (χ0) is 15.2. The lowest BCUT2D eigenvalue weighted by atomic mass is 10.1. The fraction of sp³-hybridized carbons (Fsp3) is 0.533. The molecule has 1 amide bonds. The van der Waals surface area contributed by atoms with Gasteiger partial charge in [0.25, 0.3) is 0 Å². The fourth-order valence-electron chi connectivity index (χ4n) is 2.11. The van der Waals surface area contributed by atoms with Crippen molar-refractivity contribution in [1.82, 2.24) is 5.32 Å². The Hall–Kier alpha value is -1.40. The topological polar surface area (TPSA) is 73.6 Å². The van der Waals surface area contributed by atoms with Gasteiger partial charge in [0.15, 0.2) is 11.5 Å². The summed E-state index contributed by atoms with van der Waals surface area (Å²) in [5, 5.41) is 2.94. The van der Waals surface area contributed by atoms with Crippen molar-refractivity contribution in [1.29, 1.82) is 0 Å². The van der Waals surface area contributed by atoms with Gasteiger partial charge >= 0.3 is 0 Å². The maximum absolute atomic E-state index is 12.0. The molecular weight excluding hydrogens is 288 g/mol. The van der Waals surface area contributed by atoms with Crippen LogP contribution in [0, 0.1) is 0 Å². The molecule has 0 saturated heterocycles. The molecule has 0 spiro atoms. The van der Waals surface area contributed by atoms with Crippen LogP contribution in [0.1, 0.15) is 24.9 Å². The van der Waals surface area contributed by atoms with Crippen LogP contribution in [0.5, 0.6) is 11.5 Å². The van der Waals surface area contributed by atoms with E-state index in [1.54, 1.807) is 11.8 Å². The summed E-state index contributed by atoms with van der Waals surface area (Å²) >= 11 is 1.69. The van der Waals surface area contributed by atoms with E-state index >= 15 is 0 Å². The third kappa shape index (κ3) is 4.28. The second-order valence-electron chi connectivity index (χ2n) is 5.02. The smallest absolute Gasteiger partial charge is 0.237 e. The summed E-state index contributed by atoms with van der Waals surface area (Å²) in [4.78, 5) is 12.0. The van der Waals surface area contributed by atoms with E-state index < -0.39 is 6.04 Å². The molecule has 1 heterocycles. The van der Waals surface area contributed by atoms with Crippen LogP contribution in [0.15, 0.2) is 18.2 Å². The Morgan fingerprint density at radius 1 is 1.38 bits per heavy atom. The lowest BCUT2D eigenvalue weighted by molar-refractivity contribution is -0.123. The van der Waals surface area contributed by atoms with Crippen molar-refractivity contribution >= 4 is 17.7 Å². The van der Waals surface area contributed by atoms with Gasteiger partial charge in [-0.25, -0.2) is 0 Å². The van der Waals surface area contributed by atoms with Crippen molar-refractivity contribution in [2.45, 2.75) is 25.4 Å². The van der Waals surface area contributed by atoms with E-state index in [0.29, 0.717) is 19.6 Å². The largest absolute Gasteiger partial charge is 0.486 e. The molecule has 0 aliphatic carbocycles. The van der Waals surface area contributed by atoms with Crippen LogP contribution in [-0.4, -0.2) is 37.2 Å². The quantitative estimate of drug-likeness (QED) is 0.837. The molecule has 3 N–H and O–H groups in total. The van der Waals surface area contributed by atoms with Gasteiger partial charge in [0.2, 0.25) is 5.91 Å². The van der Waals surface area contributed by atoms with Crippen LogP contribution < -0.4 is 20.5 Å². The first-order chi connectivity index (χ1) is 10.1. The number of rotatable bonds is 6. The first-order valence-electron chi connectivity index (χ1n) is 7.06. The molecule has 0 radical (unpaired) electrons. The Morgan fingerprint density at radius 2 is 2.10 bits per heavy atom. The first kappa shape index (κ1) is 16.0. The van der Waals surface area contributed by atoms with Crippen molar-refractivity contribution in [2.75, 3.05) is 25.2 Å². The Kier molecular flexibility index (Phi) is 5.76. The molecule has 2 rings (SSSR count). The molecule has 0 saturated carbocycles. The molecule has 0 bridgehead atoms. The van der Waals surface area contributed by atoms with Crippen LogP contribution >= 0.6 is 11.8 Å². The Morgan fingerprint density at radius 3 is 2.81 bits per heavy atom. The number of amides is 1. The lowest BCUT2D eigenvalue weighted by Crippen LogP contribution is -2.41. The summed E-state index contributed by atoms with van der Waals surface area (Å²) in [6.07, 6.45) is 2.68. The number of hydrogen-bond donors (Lipinski definition) is 2. The van der Waals surface area contributed by atoms with Gasteiger partial charge < -0.3 is 20.5 Å². The molecule has 116 valence electrons. The normalized spacial score (nSPS) is 16.1. The highest BCUT2D eigenvalue weighted by molar-refractivity contribution is 7.98. The maximum Gasteiger partial charge on any atom is 0.237 e. The molecule has 0 fully saturated rings. The van der Waals surface area contributed by atoms with E-state index in [2.05, 4.69) is 5.32 Å². The molecule has 6 heteroatoms. The van der Waals surface area contributed by atoms with E-state index in [4.69, 9.17) is 15.2 Å². The second-order valence-corrected chi connectivity index (χ2v) is 6.01. The molecule has 1 aliphatic heterocycles. The maximum atomic E-state index is 12.0.